The molecule has 180 valence electrons. The van der Waals surface area contributed by atoms with E-state index in [1.807, 2.05) is 0 Å². The highest BCUT2D eigenvalue weighted by molar-refractivity contribution is 5.74. The van der Waals surface area contributed by atoms with Crippen molar-refractivity contribution in [2.45, 2.75) is 13.8 Å². The van der Waals surface area contributed by atoms with E-state index < -0.39 is 0 Å². The van der Waals surface area contributed by atoms with E-state index in [0.717, 1.165) is 0 Å². The smallest absolute Gasteiger partial charge is 0.0482 e. The predicted octanol–water partition coefficient (Wildman–Crippen LogP) is 8.51. The zero-order valence-corrected chi connectivity index (χ0v) is 21.7. The second-order valence-electron chi connectivity index (χ2n) is 9.55. The molecule has 0 aliphatic heterocycles. The molecular weight excluding hydrogens is 438 g/mol. The number of hydrogen-bond donors (Lipinski definition) is 0. The highest BCUT2D eigenvalue weighted by atomic mass is 15.1. The normalized spacial score (nSPS) is 10.9. The molecule has 0 fully saturated rings. The number of benzene rings is 4. The minimum Gasteiger partial charge on any atom is -0.345 e. The lowest BCUT2D eigenvalue weighted by molar-refractivity contribution is 0.946. The third-order valence-electron chi connectivity index (χ3n) is 7.07. The zero-order chi connectivity index (χ0) is 25.2. The monoisotopic (exact) mass is 471 g/mol. The van der Waals surface area contributed by atoms with Gasteiger partial charge in [0.25, 0.3) is 0 Å². The Morgan fingerprint density at radius 2 is 0.694 bits per heavy atom. The lowest BCUT2D eigenvalue weighted by Crippen LogP contribution is -2.09. The number of anilines is 4. The number of aryl methyl sites for hydroxylation is 2. The van der Waals surface area contributed by atoms with Gasteiger partial charge in [0.05, 0.1) is 0 Å². The molecule has 5 rings (SSSR count). The maximum absolute atomic E-state index is 2.28. The lowest BCUT2D eigenvalue weighted by Gasteiger charge is -2.20. The van der Waals surface area contributed by atoms with Gasteiger partial charge < -0.3 is 14.4 Å². The number of rotatable bonds is 6. The van der Waals surface area contributed by atoms with Gasteiger partial charge in [0.1, 0.15) is 0 Å². The van der Waals surface area contributed by atoms with Gasteiger partial charge in [0, 0.05) is 55.3 Å². The van der Waals surface area contributed by atoms with Crippen LogP contribution in [0.25, 0.3) is 22.5 Å². The number of aromatic nitrogens is 1. The summed E-state index contributed by atoms with van der Waals surface area (Å²) in [7, 11) is 6.36. The highest BCUT2D eigenvalue weighted by Crippen LogP contribution is 2.32. The van der Waals surface area contributed by atoms with Crippen molar-refractivity contribution in [3.05, 3.63) is 120 Å². The second-order valence-corrected chi connectivity index (χ2v) is 9.55. The molecule has 3 nitrogen and oxygen atoms in total. The highest BCUT2D eigenvalue weighted by Gasteiger charge is 2.11. The fourth-order valence-electron chi connectivity index (χ4n) is 4.64. The van der Waals surface area contributed by atoms with Gasteiger partial charge >= 0.3 is 0 Å². The Bertz CT molecular complexity index is 1330. The summed E-state index contributed by atoms with van der Waals surface area (Å²) in [5.41, 5.74) is 12.1. The average Bonchev–Trinajstić information content (AvgIpc) is 3.30. The van der Waals surface area contributed by atoms with Gasteiger partial charge in [-0.15, -0.1) is 0 Å². The Labute approximate surface area is 214 Å². The maximum atomic E-state index is 2.28. The van der Waals surface area contributed by atoms with Crippen molar-refractivity contribution in [1.82, 2.24) is 4.57 Å². The van der Waals surface area contributed by atoms with Crippen LogP contribution in [0.3, 0.4) is 0 Å². The van der Waals surface area contributed by atoms with Crippen LogP contribution in [0.15, 0.2) is 109 Å². The summed E-state index contributed by atoms with van der Waals surface area (Å²) in [6.07, 6.45) is 0. The van der Waals surface area contributed by atoms with Gasteiger partial charge in [-0.3, -0.25) is 0 Å². The third kappa shape index (κ3) is 4.65. The molecule has 0 saturated carbocycles. The molecule has 0 bridgehead atoms. The molecule has 1 aromatic heterocycles. The molecule has 1 heterocycles. The minimum absolute atomic E-state index is 1.17. The summed E-state index contributed by atoms with van der Waals surface area (Å²) < 4.78 is 2.28. The summed E-state index contributed by atoms with van der Waals surface area (Å²) in [4.78, 5) is 4.43. The molecule has 0 saturated heterocycles. The van der Waals surface area contributed by atoms with E-state index in [4.69, 9.17) is 0 Å². The van der Waals surface area contributed by atoms with Crippen molar-refractivity contribution in [2.75, 3.05) is 23.9 Å². The van der Waals surface area contributed by atoms with E-state index in [1.165, 1.54) is 56.4 Å². The van der Waals surface area contributed by atoms with Gasteiger partial charge in [-0.2, -0.15) is 0 Å². The van der Waals surface area contributed by atoms with E-state index in [1.54, 1.807) is 0 Å². The van der Waals surface area contributed by atoms with Crippen molar-refractivity contribution in [1.29, 1.82) is 0 Å². The minimum atomic E-state index is 1.17. The fraction of sp³-hybridized carbons (Fsp3) is 0.152. The van der Waals surface area contributed by atoms with Gasteiger partial charge in [-0.05, 0) is 85.6 Å². The molecule has 0 N–H and O–H groups in total. The summed E-state index contributed by atoms with van der Waals surface area (Å²) in [5, 5.41) is 0. The van der Waals surface area contributed by atoms with Gasteiger partial charge in [0.2, 0.25) is 0 Å². The Balaban J connectivity index is 1.35. The average molecular weight is 472 g/mol. The molecular formula is C33H33N3. The SMILES string of the molecule is Cc1ccc(N(C)c2ccc(-c3ccc(-c4ccc(N(C)c5ccc(C)cc5)cc4)n3C)cc2)cc1. The van der Waals surface area contributed by atoms with E-state index in [0.29, 0.717) is 0 Å². The van der Waals surface area contributed by atoms with Crippen LogP contribution >= 0.6 is 0 Å². The summed E-state index contributed by atoms with van der Waals surface area (Å²) in [6.45, 7) is 4.23. The first-order chi connectivity index (χ1) is 17.4. The number of nitrogens with zero attached hydrogens (tertiary/aromatic N) is 3. The fourth-order valence-corrected chi connectivity index (χ4v) is 4.64. The molecule has 36 heavy (non-hydrogen) atoms. The summed E-state index contributed by atoms with van der Waals surface area (Å²) >= 11 is 0. The molecule has 0 aliphatic rings. The molecule has 0 unspecified atom stereocenters. The van der Waals surface area contributed by atoms with E-state index in [-0.39, 0.29) is 0 Å². The molecule has 0 radical (unpaired) electrons. The van der Waals surface area contributed by atoms with Gasteiger partial charge in [-0.1, -0.05) is 59.7 Å². The second kappa shape index (κ2) is 9.79. The molecule has 3 heteroatoms. The van der Waals surface area contributed by atoms with Crippen LogP contribution < -0.4 is 9.80 Å². The Kier molecular flexibility index (Phi) is 6.39. The molecule has 5 aromatic rings. The van der Waals surface area contributed by atoms with E-state index in [2.05, 4.69) is 159 Å². The first-order valence-corrected chi connectivity index (χ1v) is 12.4. The van der Waals surface area contributed by atoms with Crippen LogP contribution in [0.1, 0.15) is 11.1 Å². The lowest BCUT2D eigenvalue weighted by atomic mass is 10.1. The van der Waals surface area contributed by atoms with Crippen molar-refractivity contribution in [2.24, 2.45) is 7.05 Å². The molecule has 0 spiro atoms. The van der Waals surface area contributed by atoms with Crippen LogP contribution in [0.5, 0.6) is 0 Å². The molecule has 4 aromatic carbocycles. The van der Waals surface area contributed by atoms with Crippen molar-refractivity contribution in [3.63, 3.8) is 0 Å². The van der Waals surface area contributed by atoms with Crippen LogP contribution in [-0.2, 0) is 7.05 Å². The van der Waals surface area contributed by atoms with Gasteiger partial charge in [0.15, 0.2) is 0 Å². The molecule has 0 amide bonds. The first-order valence-electron chi connectivity index (χ1n) is 12.4. The van der Waals surface area contributed by atoms with Crippen LogP contribution in [0.2, 0.25) is 0 Å². The standard InChI is InChI=1S/C33H33N3/c1-24-6-14-28(15-7-24)34(3)30-18-10-26(11-19-30)32-22-23-33(36(32)5)27-12-20-31(21-13-27)35(4)29-16-8-25(2)9-17-29/h6-23H,1-5H3. The van der Waals surface area contributed by atoms with Crippen LogP contribution in [-0.4, -0.2) is 18.7 Å². The van der Waals surface area contributed by atoms with E-state index >= 15 is 0 Å². The van der Waals surface area contributed by atoms with E-state index in [9.17, 15) is 0 Å². The first kappa shape index (κ1) is 23.5. The third-order valence-corrected chi connectivity index (χ3v) is 7.07. The quantitative estimate of drug-likeness (QED) is 0.246. The molecule has 0 aliphatic carbocycles. The van der Waals surface area contributed by atoms with Crippen molar-refractivity contribution >= 4 is 22.7 Å². The summed E-state index contributed by atoms with van der Waals surface area (Å²) in [6, 6.07) is 39.3. The summed E-state index contributed by atoms with van der Waals surface area (Å²) in [5.74, 6) is 0. The predicted molar refractivity (Wildman–Crippen MR) is 155 cm³/mol. The number of hydrogen-bond acceptors (Lipinski definition) is 2. The topological polar surface area (TPSA) is 11.4 Å². The molecule has 0 atom stereocenters. The Morgan fingerprint density at radius 1 is 0.417 bits per heavy atom. The largest absolute Gasteiger partial charge is 0.345 e. The van der Waals surface area contributed by atoms with Crippen molar-refractivity contribution in [3.8, 4) is 22.5 Å². The van der Waals surface area contributed by atoms with Crippen LogP contribution in [0.4, 0.5) is 22.7 Å². The van der Waals surface area contributed by atoms with Gasteiger partial charge in [-0.25, -0.2) is 0 Å². The Morgan fingerprint density at radius 3 is 1.00 bits per heavy atom. The Hall–Kier alpha value is -4.24. The van der Waals surface area contributed by atoms with Crippen LogP contribution in [0, 0.1) is 13.8 Å². The zero-order valence-electron chi connectivity index (χ0n) is 21.7. The maximum Gasteiger partial charge on any atom is 0.0482 e. The van der Waals surface area contributed by atoms with Crippen molar-refractivity contribution < 1.29 is 0 Å².